The second kappa shape index (κ2) is 12.7. The Labute approximate surface area is 321 Å². The van der Waals surface area contributed by atoms with Crippen molar-refractivity contribution in [1.29, 1.82) is 0 Å². The lowest BCUT2D eigenvalue weighted by molar-refractivity contribution is -0.137. The Kier molecular flexibility index (Phi) is 6.15. The first-order valence-electron chi connectivity index (χ1n) is 20.2. The summed E-state index contributed by atoms with van der Waals surface area (Å²) in [6.07, 6.45) is -4.54. The van der Waals surface area contributed by atoms with Crippen molar-refractivity contribution in [2.45, 2.75) is 6.18 Å². The number of nitrogens with zero attached hydrogens (tertiary/aromatic N) is 3. The first kappa shape index (κ1) is 26.6. The van der Waals surface area contributed by atoms with Gasteiger partial charge in [0.05, 0.1) is 13.8 Å². The van der Waals surface area contributed by atoms with Gasteiger partial charge in [0.1, 0.15) is 11.0 Å². The van der Waals surface area contributed by atoms with Gasteiger partial charge in [-0.3, -0.25) is 0 Å². The molecule has 10 aromatic rings. The number of alkyl halides is 3. The molecule has 0 unspecified atom stereocenters. The number of benzene rings is 8. The molecular weight excluding hydrogens is 696 g/mol. The summed E-state index contributed by atoms with van der Waals surface area (Å²) >= 11 is 0. The fourth-order valence-electron chi connectivity index (χ4n) is 6.62. The molecule has 0 spiro atoms. The van der Waals surface area contributed by atoms with Crippen LogP contribution in [-0.4, -0.2) is 9.97 Å². The van der Waals surface area contributed by atoms with Gasteiger partial charge in [-0.15, -0.1) is 0 Å². The van der Waals surface area contributed by atoms with Crippen molar-refractivity contribution in [2.24, 2.45) is 0 Å². The van der Waals surface area contributed by atoms with Gasteiger partial charge in [-0.1, -0.05) is 72.7 Å². The molecule has 0 radical (unpaired) electrons. The molecule has 2 heterocycles. The number of aromatic nitrogens is 2. The van der Waals surface area contributed by atoms with E-state index in [0.29, 0.717) is 50.7 Å². The lowest BCUT2D eigenvalue weighted by Crippen LogP contribution is -2.09. The van der Waals surface area contributed by atoms with E-state index in [9.17, 15) is 20.0 Å². The van der Waals surface area contributed by atoms with E-state index in [-0.39, 0.29) is 45.1 Å². The molecule has 264 valence electrons. The molecule has 0 aliphatic carbocycles. The highest BCUT2D eigenvalue weighted by atomic mass is 19.4. The zero-order chi connectivity index (χ0) is 42.3. The Morgan fingerprint density at radius 2 is 1.04 bits per heavy atom. The molecule has 0 N–H and O–H groups in total. The molecule has 0 aliphatic rings. The van der Waals surface area contributed by atoms with Gasteiger partial charge in [-0.25, -0.2) is 9.97 Å². The highest BCUT2D eigenvalue weighted by molar-refractivity contribution is 5.95. The minimum atomic E-state index is -4.54. The number of hydrogen-bond donors (Lipinski definition) is 0. The quantitative estimate of drug-likeness (QED) is 0.171. The third-order valence-corrected chi connectivity index (χ3v) is 9.34. The smallest absolute Gasteiger partial charge is 0.416 e. The molecule has 8 aromatic carbocycles. The van der Waals surface area contributed by atoms with Crippen LogP contribution in [0.15, 0.2) is 179 Å². The zero-order valence-electron chi connectivity index (χ0n) is 34.5. The molecule has 0 atom stereocenters. The summed E-state index contributed by atoms with van der Waals surface area (Å²) in [6.45, 7) is 0. The molecular formula is C47H28F3N3O2. The Hall–Kier alpha value is -7.19. The number of fused-ring (bicyclic) bond motifs is 4. The molecule has 0 saturated carbocycles. The van der Waals surface area contributed by atoms with Crippen LogP contribution in [0.2, 0.25) is 0 Å². The van der Waals surface area contributed by atoms with Crippen molar-refractivity contribution in [3.8, 4) is 34.0 Å². The van der Waals surface area contributed by atoms with Crippen LogP contribution in [0.3, 0.4) is 0 Å². The minimum absolute atomic E-state index is 0.0498. The Bertz CT molecular complexity index is 3280. The highest BCUT2D eigenvalue weighted by Crippen LogP contribution is 2.41. The molecule has 0 aliphatic heterocycles. The number of anilines is 3. The van der Waals surface area contributed by atoms with E-state index in [0.717, 1.165) is 23.3 Å². The minimum Gasteiger partial charge on any atom is -0.436 e. The van der Waals surface area contributed by atoms with E-state index in [2.05, 4.69) is 9.97 Å². The summed E-state index contributed by atoms with van der Waals surface area (Å²) in [5.41, 5.74) is 3.54. The highest BCUT2D eigenvalue weighted by Gasteiger charge is 2.30. The van der Waals surface area contributed by atoms with Gasteiger partial charge < -0.3 is 13.7 Å². The van der Waals surface area contributed by atoms with E-state index in [1.165, 1.54) is 24.3 Å². The summed E-state index contributed by atoms with van der Waals surface area (Å²) in [4.78, 5) is 10.9. The zero-order valence-corrected chi connectivity index (χ0v) is 28.5. The SMILES string of the molecule is [2H]c1c(N(c2ccc3nc(-c4ccccc4)oc3c2)c2ccc3nc(-c4ccccc4)oc3c2)c([2H])c2c([2H])c([2H])c(-c3ccc4cc(C(F)(F)F)ccc4c3)c([2H])c2c1[2H]. The predicted molar refractivity (Wildman–Crippen MR) is 213 cm³/mol. The van der Waals surface area contributed by atoms with Crippen molar-refractivity contribution in [1.82, 2.24) is 9.97 Å². The van der Waals surface area contributed by atoms with Crippen LogP contribution in [-0.2, 0) is 6.18 Å². The van der Waals surface area contributed by atoms with Gasteiger partial charge in [0.15, 0.2) is 11.2 Å². The van der Waals surface area contributed by atoms with Crippen molar-refractivity contribution < 1.29 is 30.2 Å². The van der Waals surface area contributed by atoms with E-state index in [4.69, 9.17) is 10.2 Å². The largest absolute Gasteiger partial charge is 0.436 e. The second-order valence-electron chi connectivity index (χ2n) is 12.9. The first-order valence-corrected chi connectivity index (χ1v) is 17.2. The number of halogens is 3. The van der Waals surface area contributed by atoms with Gasteiger partial charge in [0.25, 0.3) is 0 Å². The topological polar surface area (TPSA) is 55.3 Å². The van der Waals surface area contributed by atoms with Crippen LogP contribution >= 0.6 is 0 Å². The molecule has 0 saturated heterocycles. The first-order chi connectivity index (χ1) is 29.4. The third-order valence-electron chi connectivity index (χ3n) is 9.34. The predicted octanol–water partition coefficient (Wildman–Crippen LogP) is 13.8. The van der Waals surface area contributed by atoms with Crippen molar-refractivity contribution in [3.05, 3.63) is 175 Å². The van der Waals surface area contributed by atoms with Gasteiger partial charge >= 0.3 is 6.18 Å². The maximum Gasteiger partial charge on any atom is 0.416 e. The Morgan fingerprint density at radius 3 is 1.65 bits per heavy atom. The van der Waals surface area contributed by atoms with Crippen molar-refractivity contribution in [3.63, 3.8) is 0 Å². The summed E-state index contributed by atoms with van der Waals surface area (Å²) in [6, 6.07) is 34.3. The summed E-state index contributed by atoms with van der Waals surface area (Å²) in [5.74, 6) is 0.769. The fraction of sp³-hybridized carbons (Fsp3) is 0.0213. The molecule has 55 heavy (non-hydrogen) atoms. The maximum absolute atomic E-state index is 13.4. The van der Waals surface area contributed by atoms with Crippen LogP contribution in [0.1, 0.15) is 13.8 Å². The van der Waals surface area contributed by atoms with Crippen LogP contribution in [0.5, 0.6) is 0 Å². The average molecular weight is 730 g/mol. The van der Waals surface area contributed by atoms with Gasteiger partial charge in [-0.05, 0) is 118 Å². The molecule has 0 bridgehead atoms. The monoisotopic (exact) mass is 729 g/mol. The third kappa shape index (κ3) is 6.03. The standard InChI is InChI=1S/C47H28F3N3O2/c48-47(49,50)37-17-15-33-23-31(11-13-35(33)25-37)32-12-14-36-26-38(18-16-34(36)24-32)53(39-19-21-41-43(27-39)54-45(51-41)29-7-3-1-4-8-29)40-20-22-42-44(28-40)55-46(52-42)30-9-5-2-6-10-30/h1-28H/i12D,14D,16D,18D,24D,26D. The van der Waals surface area contributed by atoms with Crippen LogP contribution in [0, 0.1) is 0 Å². The Morgan fingerprint density at radius 1 is 0.473 bits per heavy atom. The summed E-state index contributed by atoms with van der Waals surface area (Å²) < 4.78 is 109. The van der Waals surface area contributed by atoms with E-state index < -0.39 is 35.9 Å². The van der Waals surface area contributed by atoms with Gasteiger partial charge in [0.2, 0.25) is 11.8 Å². The molecule has 0 amide bonds. The van der Waals surface area contributed by atoms with E-state index in [1.807, 2.05) is 60.7 Å². The van der Waals surface area contributed by atoms with Crippen LogP contribution < -0.4 is 4.90 Å². The van der Waals surface area contributed by atoms with E-state index in [1.54, 1.807) is 41.3 Å². The van der Waals surface area contributed by atoms with Crippen molar-refractivity contribution >= 4 is 60.8 Å². The number of oxazole rings is 2. The second-order valence-corrected chi connectivity index (χ2v) is 12.9. The average Bonchev–Trinajstić information content (AvgIpc) is 3.90. The van der Waals surface area contributed by atoms with Crippen molar-refractivity contribution in [2.75, 3.05) is 4.90 Å². The number of hydrogen-bond acceptors (Lipinski definition) is 5. The molecule has 8 heteroatoms. The van der Waals surface area contributed by atoms with E-state index >= 15 is 0 Å². The van der Waals surface area contributed by atoms with Crippen LogP contribution in [0.25, 0.3) is 77.8 Å². The molecule has 5 nitrogen and oxygen atoms in total. The maximum atomic E-state index is 13.4. The Balaban J connectivity index is 1.18. The lowest BCUT2D eigenvalue weighted by atomic mass is 9.97. The van der Waals surface area contributed by atoms with Gasteiger partial charge in [0, 0.05) is 40.3 Å². The number of rotatable bonds is 6. The molecule has 10 rings (SSSR count). The normalized spacial score (nSPS) is 13.4. The lowest BCUT2D eigenvalue weighted by Gasteiger charge is -2.25. The molecule has 2 aromatic heterocycles. The van der Waals surface area contributed by atoms with Crippen LogP contribution in [0.4, 0.5) is 30.2 Å². The molecule has 0 fully saturated rings. The summed E-state index contributed by atoms with van der Waals surface area (Å²) in [5, 5.41) is 0.332. The van der Waals surface area contributed by atoms with Gasteiger partial charge in [-0.2, -0.15) is 13.2 Å². The summed E-state index contributed by atoms with van der Waals surface area (Å²) in [7, 11) is 0. The fourth-order valence-corrected chi connectivity index (χ4v) is 6.62.